The molecule has 0 unspecified atom stereocenters. The number of rotatable bonds is 2. The molecular weight excluding hydrogens is 259 g/mol. The van der Waals surface area contributed by atoms with Crippen molar-refractivity contribution < 1.29 is 19.4 Å². The van der Waals surface area contributed by atoms with Gasteiger partial charge in [0.05, 0.1) is 0 Å². The predicted molar refractivity (Wildman–Crippen MR) is 22.9 cm³/mol. The normalized spacial score (nSPS) is 8.67. The van der Waals surface area contributed by atoms with E-state index < -0.39 is 0 Å². The molecule has 0 aromatic carbocycles. The molecule has 0 saturated carbocycles. The van der Waals surface area contributed by atoms with Crippen molar-refractivity contribution in [1.29, 1.82) is 0 Å². The van der Waals surface area contributed by atoms with E-state index >= 15 is 0 Å². The number of nitrogens with two attached hydrogens (primary N) is 2. The van der Waals surface area contributed by atoms with Gasteiger partial charge in [-0.15, -0.1) is 0 Å². The average molecular weight is 267 g/mol. The summed E-state index contributed by atoms with van der Waals surface area (Å²) in [6, 6.07) is 0. The Bertz CT molecular complexity index is 52.8. The molecule has 4 N–H and O–H groups in total. The Morgan fingerprint density at radius 3 is 2.17 bits per heavy atom. The van der Waals surface area contributed by atoms with E-state index in [-0.39, 0.29) is 0 Å². The van der Waals surface area contributed by atoms with Crippen molar-refractivity contribution in [2.45, 2.75) is 6.42 Å². The maximum absolute atomic E-state index is 5.23. The van der Waals surface area contributed by atoms with Gasteiger partial charge in [-0.3, -0.25) is 0 Å². The third-order valence-electron chi connectivity index (χ3n) is 0.368. The Kier molecular flexibility index (Phi) is 3.95. The molecule has 0 spiro atoms. The van der Waals surface area contributed by atoms with Crippen LogP contribution in [-0.2, 0) is 19.4 Å². The van der Waals surface area contributed by atoms with E-state index in [0.29, 0.717) is 6.54 Å². The molecule has 0 aliphatic rings. The molecule has 0 aromatic heterocycles. The van der Waals surface area contributed by atoms with Gasteiger partial charge in [-0.1, -0.05) is 0 Å². The van der Waals surface area contributed by atoms with Gasteiger partial charge in [0.2, 0.25) is 0 Å². The van der Waals surface area contributed by atoms with E-state index in [4.69, 9.17) is 11.5 Å². The van der Waals surface area contributed by atoms with Gasteiger partial charge in [0.1, 0.15) is 0 Å². The second-order valence-corrected chi connectivity index (χ2v) is 2.41. The molecular formula is C3H8N2Pt. The standard InChI is InChI=1S/C3H8N2.Pt/c4-2-1-3-5;/h1-2,4-5H2;. The molecule has 0 radical (unpaired) electrons. The van der Waals surface area contributed by atoms with Crippen LogP contribution in [0.5, 0.6) is 0 Å². The van der Waals surface area contributed by atoms with Crippen LogP contribution in [0.3, 0.4) is 0 Å². The summed E-state index contributed by atoms with van der Waals surface area (Å²) in [5.41, 5.74) is 10.4. The zero-order valence-electron chi connectivity index (χ0n) is 3.39. The predicted octanol–water partition coefficient (Wildman–Crippen LogP) is -1.03. The van der Waals surface area contributed by atoms with Crippen molar-refractivity contribution in [3.05, 3.63) is 0 Å². The fraction of sp³-hybridized carbons (Fsp3) is 0.667. The maximum atomic E-state index is 5.23. The second-order valence-electron chi connectivity index (χ2n) is 0.946. The van der Waals surface area contributed by atoms with Crippen molar-refractivity contribution in [1.82, 2.24) is 0 Å². The van der Waals surface area contributed by atoms with Crippen molar-refractivity contribution in [2.75, 3.05) is 6.54 Å². The van der Waals surface area contributed by atoms with Gasteiger partial charge in [-0.05, 0) is 0 Å². The van der Waals surface area contributed by atoms with Crippen molar-refractivity contribution in [2.24, 2.45) is 11.5 Å². The Morgan fingerprint density at radius 1 is 1.67 bits per heavy atom. The first-order valence-corrected chi connectivity index (χ1v) is 2.84. The Hall–Kier alpha value is 0.478. The molecule has 6 heavy (non-hydrogen) atoms. The van der Waals surface area contributed by atoms with E-state index in [1.807, 2.05) is 19.4 Å². The van der Waals surface area contributed by atoms with E-state index in [1.165, 1.54) is 0 Å². The van der Waals surface area contributed by atoms with Gasteiger partial charge >= 0.3 is 47.8 Å². The summed E-state index contributed by atoms with van der Waals surface area (Å²) in [6.45, 7) is 0.662. The fourth-order valence-corrected chi connectivity index (χ4v) is 0.457. The summed E-state index contributed by atoms with van der Waals surface area (Å²) in [4.78, 5) is 0. The van der Waals surface area contributed by atoms with Crippen LogP contribution in [0.1, 0.15) is 6.42 Å². The molecule has 0 bridgehead atoms. The molecule has 0 aromatic rings. The summed E-state index contributed by atoms with van der Waals surface area (Å²) < 4.78 is 0.887. The third-order valence-corrected chi connectivity index (χ3v) is 0.936. The van der Waals surface area contributed by atoms with E-state index in [9.17, 15) is 0 Å². The van der Waals surface area contributed by atoms with Gasteiger partial charge in [0.25, 0.3) is 0 Å². The molecule has 0 fully saturated rings. The zero-order chi connectivity index (χ0) is 4.99. The summed E-state index contributed by atoms with van der Waals surface area (Å²) in [6.07, 6.45) is 0.835. The first kappa shape index (κ1) is 6.48. The molecule has 40 valence electrons. The minimum absolute atomic E-state index is 0.662. The SMILES string of the molecule is NCC[C](N)=[Pt]. The van der Waals surface area contributed by atoms with Crippen LogP contribution in [0, 0.1) is 0 Å². The molecule has 0 aliphatic carbocycles. The quantitative estimate of drug-likeness (QED) is 0.672. The van der Waals surface area contributed by atoms with Crippen LogP contribution in [0.15, 0.2) is 0 Å². The molecule has 3 heteroatoms. The first-order valence-electron chi connectivity index (χ1n) is 1.71. The first-order chi connectivity index (χ1) is 2.77. The van der Waals surface area contributed by atoms with Gasteiger partial charge in [-0.2, -0.15) is 0 Å². The number of hydrogen-bond donors (Lipinski definition) is 2. The molecule has 0 aliphatic heterocycles. The summed E-state index contributed by atoms with van der Waals surface area (Å²) >= 11 is 2.04. The monoisotopic (exact) mass is 267 g/mol. The van der Waals surface area contributed by atoms with Gasteiger partial charge < -0.3 is 0 Å². The van der Waals surface area contributed by atoms with Crippen LogP contribution in [0.25, 0.3) is 0 Å². The molecule has 0 atom stereocenters. The average Bonchev–Trinajstić information content (AvgIpc) is 1.35. The third kappa shape index (κ3) is 4.48. The molecule has 0 heterocycles. The van der Waals surface area contributed by atoms with Gasteiger partial charge in [0, 0.05) is 0 Å². The van der Waals surface area contributed by atoms with Crippen molar-refractivity contribution >= 4 is 4.02 Å². The summed E-state index contributed by atoms with van der Waals surface area (Å²) in [5.74, 6) is 0. The summed E-state index contributed by atoms with van der Waals surface area (Å²) in [5, 5.41) is 0. The molecule has 0 amide bonds. The van der Waals surface area contributed by atoms with E-state index in [0.717, 1.165) is 10.4 Å². The van der Waals surface area contributed by atoms with Crippen LogP contribution in [0.4, 0.5) is 0 Å². The van der Waals surface area contributed by atoms with Crippen LogP contribution in [0.2, 0.25) is 0 Å². The molecule has 2 nitrogen and oxygen atoms in total. The van der Waals surface area contributed by atoms with Crippen LogP contribution >= 0.6 is 0 Å². The number of hydrogen-bond acceptors (Lipinski definition) is 2. The summed E-state index contributed by atoms with van der Waals surface area (Å²) in [7, 11) is 0. The van der Waals surface area contributed by atoms with Crippen LogP contribution < -0.4 is 11.5 Å². The van der Waals surface area contributed by atoms with Gasteiger partial charge in [-0.25, -0.2) is 0 Å². The molecule has 0 rings (SSSR count). The van der Waals surface area contributed by atoms with Crippen molar-refractivity contribution in [3.8, 4) is 0 Å². The van der Waals surface area contributed by atoms with Gasteiger partial charge in [0.15, 0.2) is 0 Å². The topological polar surface area (TPSA) is 52.0 Å². The van der Waals surface area contributed by atoms with Crippen molar-refractivity contribution in [3.63, 3.8) is 0 Å². The fourth-order valence-electron chi connectivity index (χ4n) is 0.129. The van der Waals surface area contributed by atoms with Crippen LogP contribution in [-0.4, -0.2) is 10.6 Å². The Balaban J connectivity index is 2.83. The zero-order valence-corrected chi connectivity index (χ0v) is 5.66. The van der Waals surface area contributed by atoms with E-state index in [1.54, 1.807) is 0 Å². The Morgan fingerprint density at radius 2 is 2.17 bits per heavy atom. The van der Waals surface area contributed by atoms with E-state index in [2.05, 4.69) is 0 Å². The minimum atomic E-state index is 0.662. The molecule has 0 saturated heterocycles. The second kappa shape index (κ2) is 3.66. The Labute approximate surface area is 48.3 Å².